The minimum absolute atomic E-state index is 0.0488. The van der Waals surface area contributed by atoms with Crippen LogP contribution in [0.5, 0.6) is 11.5 Å². The van der Waals surface area contributed by atoms with Crippen LogP contribution >= 0.6 is 23.6 Å². The molecule has 0 radical (unpaired) electrons. The molecule has 9 heteroatoms. The maximum absolute atomic E-state index is 13.3. The largest absolute Gasteiger partial charge is 0.496 e. The highest BCUT2D eigenvalue weighted by molar-refractivity contribution is 7.80. The number of anilines is 2. The molecule has 1 aliphatic heterocycles. The van der Waals surface area contributed by atoms with Crippen LogP contribution in [0.25, 0.3) is 11.1 Å². The number of nitrogens with one attached hydrogen (secondary N) is 1. The number of esters is 1. The van der Waals surface area contributed by atoms with E-state index in [2.05, 4.69) is 5.32 Å². The van der Waals surface area contributed by atoms with Gasteiger partial charge in [0.25, 0.3) is 5.91 Å². The zero-order chi connectivity index (χ0) is 30.2. The van der Waals surface area contributed by atoms with Crippen molar-refractivity contribution in [1.82, 2.24) is 0 Å². The Morgan fingerprint density at radius 1 is 1.02 bits per heavy atom. The molecule has 216 valence electrons. The van der Waals surface area contributed by atoms with Crippen LogP contribution in [-0.2, 0) is 16.1 Å². The molecule has 0 unspecified atom stereocenters. The highest BCUT2D eigenvalue weighted by Crippen LogP contribution is 2.45. The van der Waals surface area contributed by atoms with E-state index in [-0.39, 0.29) is 12.5 Å². The van der Waals surface area contributed by atoms with E-state index in [9.17, 15) is 9.59 Å². The molecular formula is C33H32N2O5S2. The lowest BCUT2D eigenvalue weighted by atomic mass is 9.91. The Bertz CT molecular complexity index is 1710. The highest BCUT2D eigenvalue weighted by Gasteiger charge is 2.39. The first-order valence-corrected chi connectivity index (χ1v) is 14.6. The number of hydrogen-bond acceptors (Lipinski definition) is 8. The summed E-state index contributed by atoms with van der Waals surface area (Å²) in [6.07, 6.45) is 0. The fraction of sp³-hybridized carbons (Fsp3) is 0.242. The average molecular weight is 601 g/mol. The van der Waals surface area contributed by atoms with Gasteiger partial charge in [-0.2, -0.15) is 0 Å². The van der Waals surface area contributed by atoms with Crippen LogP contribution in [0.15, 0.2) is 66.7 Å². The normalized spacial score (nSPS) is 13.7. The third kappa shape index (κ3) is 5.62. The van der Waals surface area contributed by atoms with Crippen LogP contribution in [0.3, 0.4) is 0 Å². The zero-order valence-electron chi connectivity index (χ0n) is 24.4. The molecule has 1 N–H and O–H groups in total. The van der Waals surface area contributed by atoms with Gasteiger partial charge >= 0.3 is 5.97 Å². The van der Waals surface area contributed by atoms with Crippen LogP contribution < -0.4 is 19.7 Å². The van der Waals surface area contributed by atoms with Gasteiger partial charge in [0.1, 0.15) is 28.5 Å². The molecule has 0 saturated carbocycles. The van der Waals surface area contributed by atoms with Gasteiger partial charge in [0.2, 0.25) is 0 Å². The number of likely N-dealkylation sites (N-methyl/N-ethyl adjacent to an activating group) is 1. The van der Waals surface area contributed by atoms with E-state index >= 15 is 0 Å². The third-order valence-electron chi connectivity index (χ3n) is 7.23. The van der Waals surface area contributed by atoms with Crippen molar-refractivity contribution in [2.45, 2.75) is 39.8 Å². The van der Waals surface area contributed by atoms with E-state index in [0.29, 0.717) is 32.7 Å². The van der Waals surface area contributed by atoms with E-state index < -0.39 is 11.5 Å². The van der Waals surface area contributed by atoms with E-state index in [4.69, 9.17) is 26.4 Å². The molecule has 5 rings (SSSR count). The van der Waals surface area contributed by atoms with Crippen LogP contribution in [0.1, 0.15) is 45.1 Å². The van der Waals surface area contributed by atoms with Gasteiger partial charge in [0.15, 0.2) is 5.05 Å². The van der Waals surface area contributed by atoms with Crippen molar-refractivity contribution in [3.8, 4) is 22.6 Å². The molecule has 1 amide bonds. The van der Waals surface area contributed by atoms with Crippen molar-refractivity contribution in [3.05, 3.63) is 93.2 Å². The number of hydrogen-bond donors (Lipinski definition) is 1. The van der Waals surface area contributed by atoms with Crippen molar-refractivity contribution in [2.75, 3.05) is 24.4 Å². The van der Waals surface area contributed by atoms with Crippen LogP contribution in [0.2, 0.25) is 0 Å². The first-order valence-electron chi connectivity index (χ1n) is 13.4. The predicted molar refractivity (Wildman–Crippen MR) is 171 cm³/mol. The molecule has 7 nitrogen and oxygen atoms in total. The minimum atomic E-state index is -0.794. The summed E-state index contributed by atoms with van der Waals surface area (Å²) in [7, 11) is 3.32. The van der Waals surface area contributed by atoms with Gasteiger partial charge < -0.3 is 24.4 Å². The SMILES string of the molecule is COc1cc(OC(=S)c2ccccc2C)ccc1-c1ccc2c(c1COC(=O)c1ccc(C)s1)N(C)C(=O)C(C)(C)N2. The number of benzene rings is 3. The number of ether oxygens (including phenoxy) is 3. The molecule has 1 aliphatic rings. The number of fused-ring (bicyclic) bond motifs is 1. The number of amides is 1. The molecule has 0 aliphatic carbocycles. The quantitative estimate of drug-likeness (QED) is 0.176. The van der Waals surface area contributed by atoms with Gasteiger partial charge in [0.05, 0.1) is 18.5 Å². The van der Waals surface area contributed by atoms with E-state index in [1.807, 2.05) is 82.3 Å². The standard InChI is InChI=1S/C33H32N2O5S2/c1-19-9-7-8-10-22(19)31(41)40-21-12-13-24(27(17-21)38-6)23-14-15-26-29(35(5)32(37)33(3,4)34-26)25(23)18-39-30(36)28-16-11-20(2)42-28/h7-17,34H,18H2,1-6H3. The molecular weight excluding hydrogens is 569 g/mol. The van der Waals surface area contributed by atoms with Gasteiger partial charge in [-0.05, 0) is 81.4 Å². The lowest BCUT2D eigenvalue weighted by Gasteiger charge is -2.39. The monoisotopic (exact) mass is 600 g/mol. The maximum atomic E-state index is 13.3. The van der Waals surface area contributed by atoms with Crippen molar-refractivity contribution >= 4 is 51.9 Å². The molecule has 1 aromatic heterocycles. The second-order valence-corrected chi connectivity index (χ2v) is 12.3. The van der Waals surface area contributed by atoms with E-state index in [1.54, 1.807) is 31.2 Å². The van der Waals surface area contributed by atoms with Crippen molar-refractivity contribution < 1.29 is 23.8 Å². The number of aryl methyl sites for hydroxylation is 2. The van der Waals surface area contributed by atoms with Gasteiger partial charge in [-0.3, -0.25) is 4.79 Å². The summed E-state index contributed by atoms with van der Waals surface area (Å²) in [6.45, 7) is 7.55. The van der Waals surface area contributed by atoms with Gasteiger partial charge in [0, 0.05) is 34.7 Å². The van der Waals surface area contributed by atoms with Crippen molar-refractivity contribution in [2.24, 2.45) is 0 Å². The highest BCUT2D eigenvalue weighted by atomic mass is 32.1. The second-order valence-electron chi connectivity index (χ2n) is 10.7. The van der Waals surface area contributed by atoms with Crippen molar-refractivity contribution in [3.63, 3.8) is 0 Å². The maximum Gasteiger partial charge on any atom is 0.348 e. The molecule has 0 spiro atoms. The number of thiocarbonyl (C=S) groups is 1. The summed E-state index contributed by atoms with van der Waals surface area (Å²) in [6, 6.07) is 20.8. The Labute approximate surface area is 255 Å². The Hall–Kier alpha value is -4.21. The van der Waals surface area contributed by atoms with Gasteiger partial charge in [-0.15, -0.1) is 11.3 Å². The van der Waals surface area contributed by atoms with Gasteiger partial charge in [-0.1, -0.05) is 30.3 Å². The summed E-state index contributed by atoms with van der Waals surface area (Å²) >= 11 is 6.95. The Morgan fingerprint density at radius 2 is 1.76 bits per heavy atom. The van der Waals surface area contributed by atoms with Crippen molar-refractivity contribution in [1.29, 1.82) is 0 Å². The first kappa shape index (κ1) is 29.3. The summed E-state index contributed by atoms with van der Waals surface area (Å²) < 4.78 is 17.7. The summed E-state index contributed by atoms with van der Waals surface area (Å²) in [5, 5.41) is 3.71. The van der Waals surface area contributed by atoms with Crippen LogP contribution in [0, 0.1) is 13.8 Å². The molecule has 0 saturated heterocycles. The lowest BCUT2D eigenvalue weighted by Crippen LogP contribution is -2.52. The Balaban J connectivity index is 1.55. The number of methoxy groups -OCH3 is 1. The zero-order valence-corrected chi connectivity index (χ0v) is 26.0. The number of thiophene rings is 1. The number of rotatable bonds is 7. The van der Waals surface area contributed by atoms with Crippen LogP contribution in [0.4, 0.5) is 11.4 Å². The predicted octanol–water partition coefficient (Wildman–Crippen LogP) is 7.32. The van der Waals surface area contributed by atoms with Gasteiger partial charge in [-0.25, -0.2) is 4.79 Å². The Morgan fingerprint density at radius 3 is 2.45 bits per heavy atom. The lowest BCUT2D eigenvalue weighted by molar-refractivity contribution is -0.121. The summed E-state index contributed by atoms with van der Waals surface area (Å²) in [4.78, 5) is 29.4. The minimum Gasteiger partial charge on any atom is -0.496 e. The number of carbonyl (C=O) groups excluding carboxylic acids is 2. The second kappa shape index (κ2) is 11.6. The smallest absolute Gasteiger partial charge is 0.348 e. The topological polar surface area (TPSA) is 77.1 Å². The van der Waals surface area contributed by atoms with E-state index in [1.165, 1.54) is 11.3 Å². The molecule has 4 aromatic rings. The molecule has 0 atom stereocenters. The molecule has 0 fully saturated rings. The summed E-state index contributed by atoms with van der Waals surface area (Å²) in [5.74, 6) is 0.544. The molecule has 2 heterocycles. The molecule has 3 aromatic carbocycles. The molecule has 42 heavy (non-hydrogen) atoms. The third-order valence-corrected chi connectivity index (χ3v) is 8.52. The number of carbonyl (C=O) groups is 2. The first-order chi connectivity index (χ1) is 20.0. The average Bonchev–Trinajstić information content (AvgIpc) is 3.40. The molecule has 0 bridgehead atoms. The Kier molecular flexibility index (Phi) is 8.08. The van der Waals surface area contributed by atoms with Crippen LogP contribution in [-0.4, -0.2) is 36.6 Å². The fourth-order valence-electron chi connectivity index (χ4n) is 5.10. The van der Waals surface area contributed by atoms with E-state index in [0.717, 1.165) is 32.8 Å². The fourth-order valence-corrected chi connectivity index (χ4v) is 6.19. The number of nitrogens with zero attached hydrogens (tertiary/aromatic N) is 1. The summed E-state index contributed by atoms with van der Waals surface area (Å²) in [5.41, 5.74) is 4.67.